The van der Waals surface area contributed by atoms with Crippen molar-refractivity contribution in [1.29, 1.82) is 0 Å². The molecule has 0 aliphatic carbocycles. The SMILES string of the molecule is CS(=O)(=O)OCCO[C@@H](CCOS(C)(=O)=O)COC(c1ccccc1)(c1ccccc1)c1ccccc1. The number of hydrogen-bond acceptors (Lipinski definition) is 8. The molecule has 8 nitrogen and oxygen atoms in total. The molecular formula is C27H32O8S2. The first-order valence-electron chi connectivity index (χ1n) is 11.7. The van der Waals surface area contributed by atoms with Crippen LogP contribution >= 0.6 is 0 Å². The lowest BCUT2D eigenvalue weighted by Crippen LogP contribution is -2.37. The van der Waals surface area contributed by atoms with Gasteiger partial charge in [-0.25, -0.2) is 0 Å². The molecule has 200 valence electrons. The molecule has 1 atom stereocenters. The van der Waals surface area contributed by atoms with Gasteiger partial charge in [-0.1, -0.05) is 91.0 Å². The first-order chi connectivity index (χ1) is 17.6. The number of hydrogen-bond donors (Lipinski definition) is 0. The second-order valence-corrected chi connectivity index (χ2v) is 11.7. The van der Waals surface area contributed by atoms with Gasteiger partial charge in [0.1, 0.15) is 5.60 Å². The molecule has 0 saturated heterocycles. The molecule has 0 heterocycles. The average molecular weight is 549 g/mol. The van der Waals surface area contributed by atoms with Crippen molar-refractivity contribution in [3.63, 3.8) is 0 Å². The summed E-state index contributed by atoms with van der Waals surface area (Å²) in [6.07, 6.45) is 1.52. The highest BCUT2D eigenvalue weighted by Gasteiger charge is 2.38. The van der Waals surface area contributed by atoms with Crippen molar-refractivity contribution in [2.24, 2.45) is 0 Å². The minimum absolute atomic E-state index is 0.0328. The Bertz CT molecular complexity index is 1200. The fourth-order valence-corrected chi connectivity index (χ4v) is 4.70. The summed E-state index contributed by atoms with van der Waals surface area (Å²) in [7, 11) is -7.25. The molecule has 0 unspecified atom stereocenters. The van der Waals surface area contributed by atoms with Crippen molar-refractivity contribution in [1.82, 2.24) is 0 Å². The van der Waals surface area contributed by atoms with Crippen LogP contribution in [0.15, 0.2) is 91.0 Å². The lowest BCUT2D eigenvalue weighted by molar-refractivity contribution is -0.0737. The fraction of sp³-hybridized carbons (Fsp3) is 0.333. The topological polar surface area (TPSA) is 105 Å². The van der Waals surface area contributed by atoms with E-state index in [0.717, 1.165) is 29.2 Å². The highest BCUT2D eigenvalue weighted by molar-refractivity contribution is 7.86. The Balaban J connectivity index is 1.93. The van der Waals surface area contributed by atoms with Crippen molar-refractivity contribution >= 4 is 20.2 Å². The lowest BCUT2D eigenvalue weighted by Gasteiger charge is -2.37. The van der Waals surface area contributed by atoms with Crippen LogP contribution in [0, 0.1) is 0 Å². The van der Waals surface area contributed by atoms with Crippen LogP contribution in [0.1, 0.15) is 23.1 Å². The molecule has 0 fully saturated rings. The third-order valence-electron chi connectivity index (χ3n) is 5.50. The number of benzene rings is 3. The van der Waals surface area contributed by atoms with E-state index in [0.29, 0.717) is 0 Å². The van der Waals surface area contributed by atoms with E-state index >= 15 is 0 Å². The number of ether oxygens (including phenoxy) is 2. The Kier molecular flexibility index (Phi) is 10.4. The Hall–Kier alpha value is -2.60. The molecule has 3 aromatic carbocycles. The minimum atomic E-state index is -3.64. The van der Waals surface area contributed by atoms with Crippen LogP contribution in [0.2, 0.25) is 0 Å². The molecule has 3 aromatic rings. The van der Waals surface area contributed by atoms with Gasteiger partial charge in [0, 0.05) is 6.42 Å². The average Bonchev–Trinajstić information content (AvgIpc) is 2.87. The van der Waals surface area contributed by atoms with Crippen LogP contribution < -0.4 is 0 Å². The maximum absolute atomic E-state index is 11.5. The summed E-state index contributed by atoms with van der Waals surface area (Å²) in [4.78, 5) is 0. The molecule has 0 N–H and O–H groups in total. The molecule has 10 heteroatoms. The molecule has 0 aromatic heterocycles. The second kappa shape index (κ2) is 13.3. The molecule has 0 aliphatic heterocycles. The van der Waals surface area contributed by atoms with Gasteiger partial charge >= 0.3 is 0 Å². The van der Waals surface area contributed by atoms with Gasteiger partial charge in [0.2, 0.25) is 0 Å². The van der Waals surface area contributed by atoms with Gasteiger partial charge in [-0.2, -0.15) is 16.8 Å². The third kappa shape index (κ3) is 9.03. The first kappa shape index (κ1) is 29.0. The van der Waals surface area contributed by atoms with Gasteiger partial charge in [0.05, 0.1) is 45.0 Å². The van der Waals surface area contributed by atoms with Gasteiger partial charge in [-0.3, -0.25) is 8.37 Å². The van der Waals surface area contributed by atoms with Crippen molar-refractivity contribution in [3.8, 4) is 0 Å². The maximum atomic E-state index is 11.5. The summed E-state index contributed by atoms with van der Waals surface area (Å²) in [6.45, 7) is -0.266. The van der Waals surface area contributed by atoms with Gasteiger partial charge < -0.3 is 9.47 Å². The molecule has 3 rings (SSSR count). The normalized spacial score (nSPS) is 13.4. The van der Waals surface area contributed by atoms with E-state index in [1.165, 1.54) is 0 Å². The molecule has 37 heavy (non-hydrogen) atoms. The van der Waals surface area contributed by atoms with Crippen molar-refractivity contribution in [3.05, 3.63) is 108 Å². The summed E-state index contributed by atoms with van der Waals surface area (Å²) in [6, 6.07) is 29.4. The van der Waals surface area contributed by atoms with E-state index in [-0.39, 0.29) is 32.8 Å². The summed E-state index contributed by atoms with van der Waals surface area (Å²) < 4.78 is 67.8. The van der Waals surface area contributed by atoms with E-state index in [9.17, 15) is 16.8 Å². The Labute approximate surface area is 219 Å². The predicted octanol–water partition coefficient (Wildman–Crippen LogP) is 3.72. The maximum Gasteiger partial charge on any atom is 0.264 e. The molecular weight excluding hydrogens is 516 g/mol. The summed E-state index contributed by atoms with van der Waals surface area (Å²) in [5.74, 6) is 0. The van der Waals surface area contributed by atoms with Gasteiger partial charge in [-0.05, 0) is 16.7 Å². The van der Waals surface area contributed by atoms with Crippen molar-refractivity contribution in [2.75, 3.05) is 38.9 Å². The standard InChI is InChI=1S/C27H32O8S2/c1-36(28,29)34-19-18-26(32-20-21-35-37(2,30)31)22-33-27(23-12-6-3-7-13-23,24-14-8-4-9-15-24)25-16-10-5-11-17-25/h3-17,26H,18-22H2,1-2H3/t26-/m0/s1. The molecule has 0 saturated carbocycles. The minimum Gasteiger partial charge on any atom is -0.373 e. The van der Waals surface area contributed by atoms with Crippen molar-refractivity contribution < 1.29 is 34.7 Å². The van der Waals surface area contributed by atoms with Gasteiger partial charge in [0.15, 0.2) is 0 Å². The monoisotopic (exact) mass is 548 g/mol. The van der Waals surface area contributed by atoms with Gasteiger partial charge in [0.25, 0.3) is 20.2 Å². The van der Waals surface area contributed by atoms with Crippen LogP contribution in [0.5, 0.6) is 0 Å². The van der Waals surface area contributed by atoms with E-state index in [2.05, 4.69) is 0 Å². The molecule has 0 aliphatic rings. The molecule has 0 bridgehead atoms. The van der Waals surface area contributed by atoms with Crippen LogP contribution in [-0.2, 0) is 43.7 Å². The number of rotatable bonds is 15. The summed E-state index contributed by atoms with van der Waals surface area (Å²) in [5.41, 5.74) is 1.71. The smallest absolute Gasteiger partial charge is 0.264 e. The second-order valence-electron chi connectivity index (χ2n) is 8.42. The van der Waals surface area contributed by atoms with Crippen LogP contribution in [0.25, 0.3) is 0 Å². The lowest BCUT2D eigenvalue weighted by atomic mass is 9.80. The van der Waals surface area contributed by atoms with Crippen LogP contribution in [0.4, 0.5) is 0 Å². The van der Waals surface area contributed by atoms with E-state index in [4.69, 9.17) is 17.8 Å². The Morgan fingerprint density at radius 2 is 1.03 bits per heavy atom. The zero-order valence-electron chi connectivity index (χ0n) is 20.9. The zero-order valence-corrected chi connectivity index (χ0v) is 22.5. The van der Waals surface area contributed by atoms with Crippen LogP contribution in [-0.4, -0.2) is 61.9 Å². The largest absolute Gasteiger partial charge is 0.373 e. The summed E-state index contributed by atoms with van der Waals surface area (Å²) in [5, 5.41) is 0. The van der Waals surface area contributed by atoms with Gasteiger partial charge in [-0.15, -0.1) is 0 Å². The first-order valence-corrected chi connectivity index (χ1v) is 15.3. The molecule has 0 radical (unpaired) electrons. The Morgan fingerprint density at radius 1 is 0.622 bits per heavy atom. The third-order valence-corrected chi connectivity index (χ3v) is 6.69. The van der Waals surface area contributed by atoms with Crippen LogP contribution in [0.3, 0.4) is 0 Å². The quantitative estimate of drug-likeness (QED) is 0.161. The van der Waals surface area contributed by atoms with E-state index in [1.807, 2.05) is 91.0 Å². The van der Waals surface area contributed by atoms with E-state index < -0.39 is 31.9 Å². The summed E-state index contributed by atoms with van der Waals surface area (Å²) >= 11 is 0. The fourth-order valence-electron chi connectivity index (χ4n) is 3.93. The van der Waals surface area contributed by atoms with Crippen molar-refractivity contribution in [2.45, 2.75) is 18.1 Å². The van der Waals surface area contributed by atoms with E-state index in [1.54, 1.807) is 0 Å². The molecule has 0 amide bonds. The highest BCUT2D eigenvalue weighted by atomic mass is 32.2. The Morgan fingerprint density at radius 3 is 1.43 bits per heavy atom. The molecule has 0 spiro atoms. The predicted molar refractivity (Wildman–Crippen MR) is 141 cm³/mol. The zero-order chi connectivity index (χ0) is 26.8. The highest BCUT2D eigenvalue weighted by Crippen LogP contribution is 2.40.